The Bertz CT molecular complexity index is 445. The van der Waals surface area contributed by atoms with Gasteiger partial charge in [-0.15, -0.1) is 11.3 Å². The second kappa shape index (κ2) is 4.85. The number of aryl methyl sites for hydroxylation is 1. The maximum absolute atomic E-state index is 12.0. The van der Waals surface area contributed by atoms with Gasteiger partial charge in [0, 0.05) is 30.3 Å². The average molecular weight is 284 g/mol. The Hall–Kier alpha value is -0.560. The van der Waals surface area contributed by atoms with E-state index in [2.05, 4.69) is 10.6 Å². The Morgan fingerprint density at radius 2 is 2.39 bits per heavy atom. The fourth-order valence-electron chi connectivity index (χ4n) is 2.13. The van der Waals surface area contributed by atoms with Gasteiger partial charge in [-0.05, 0) is 23.8 Å². The lowest BCUT2D eigenvalue weighted by atomic mass is 9.97. The molecule has 1 aromatic heterocycles. The number of thioether (sulfide) groups is 1. The van der Waals surface area contributed by atoms with Crippen LogP contribution in [0.1, 0.15) is 20.1 Å². The van der Waals surface area contributed by atoms with Crippen molar-refractivity contribution in [2.24, 2.45) is 0 Å². The van der Waals surface area contributed by atoms with Crippen molar-refractivity contribution in [1.29, 1.82) is 0 Å². The van der Waals surface area contributed by atoms with Gasteiger partial charge in [0.2, 0.25) is 0 Å². The van der Waals surface area contributed by atoms with Crippen LogP contribution in [0.25, 0.3) is 0 Å². The number of carbonyl (C=O) groups is 1. The topological polar surface area (TPSA) is 61.4 Å². The molecule has 0 aromatic carbocycles. The maximum atomic E-state index is 12.0. The van der Waals surface area contributed by atoms with Crippen molar-refractivity contribution in [2.75, 3.05) is 25.4 Å². The molecule has 3 N–H and O–H groups in total. The molecule has 0 saturated carbocycles. The third kappa shape index (κ3) is 2.42. The van der Waals surface area contributed by atoms with Crippen LogP contribution in [-0.4, -0.2) is 42.0 Å². The van der Waals surface area contributed by atoms with Gasteiger partial charge < -0.3 is 15.7 Å². The summed E-state index contributed by atoms with van der Waals surface area (Å²) >= 11 is 3.52. The number of thiophene rings is 1. The quantitative estimate of drug-likeness (QED) is 0.761. The van der Waals surface area contributed by atoms with Crippen molar-refractivity contribution in [2.45, 2.75) is 17.8 Å². The van der Waals surface area contributed by atoms with E-state index in [-0.39, 0.29) is 5.91 Å². The van der Waals surface area contributed by atoms with Gasteiger partial charge in [-0.1, -0.05) is 0 Å². The summed E-state index contributed by atoms with van der Waals surface area (Å²) < 4.78 is 0. The smallest absolute Gasteiger partial charge is 0.261 e. The SMILES string of the molecule is O=C(NCC1(O)CNC1)c1cc2c(s1)CCSC2. The standard InChI is InChI=1S/C12H16N2O2S2/c15-11(14-7-12(16)5-13-6-12)10-3-8-4-17-2-1-9(8)18-10/h3,13,16H,1-2,4-7H2,(H,14,15). The molecule has 98 valence electrons. The lowest BCUT2D eigenvalue weighted by Crippen LogP contribution is -2.64. The Morgan fingerprint density at radius 3 is 3.06 bits per heavy atom. The Labute approximate surface area is 114 Å². The molecule has 2 aliphatic rings. The molecule has 1 amide bonds. The van der Waals surface area contributed by atoms with Gasteiger partial charge in [0.1, 0.15) is 5.60 Å². The van der Waals surface area contributed by atoms with E-state index < -0.39 is 5.60 Å². The molecule has 1 aromatic rings. The van der Waals surface area contributed by atoms with E-state index in [1.54, 1.807) is 11.3 Å². The number of hydrogen-bond acceptors (Lipinski definition) is 5. The van der Waals surface area contributed by atoms with Crippen LogP contribution in [0.4, 0.5) is 0 Å². The molecule has 0 bridgehead atoms. The molecule has 6 heteroatoms. The summed E-state index contributed by atoms with van der Waals surface area (Å²) in [5, 5.41) is 15.7. The third-order valence-corrected chi connectivity index (χ3v) is 5.58. The average Bonchev–Trinajstić information content (AvgIpc) is 2.77. The molecule has 0 atom stereocenters. The summed E-state index contributed by atoms with van der Waals surface area (Å²) in [6.07, 6.45) is 1.08. The number of β-amino-alcohol motifs (C(OH)–C–C–N with tert-alkyl or cyclic N) is 1. The van der Waals surface area contributed by atoms with Gasteiger partial charge in [0.15, 0.2) is 0 Å². The van der Waals surface area contributed by atoms with Crippen molar-refractivity contribution in [3.8, 4) is 0 Å². The summed E-state index contributed by atoms with van der Waals surface area (Å²) in [4.78, 5) is 14.1. The van der Waals surface area contributed by atoms with Crippen LogP contribution in [-0.2, 0) is 12.2 Å². The van der Waals surface area contributed by atoms with Crippen LogP contribution in [0, 0.1) is 0 Å². The van der Waals surface area contributed by atoms with E-state index in [1.165, 1.54) is 10.4 Å². The fourth-order valence-corrected chi connectivity index (χ4v) is 4.42. The van der Waals surface area contributed by atoms with E-state index in [1.807, 2.05) is 17.8 Å². The highest BCUT2D eigenvalue weighted by atomic mass is 32.2. The predicted molar refractivity (Wildman–Crippen MR) is 74.3 cm³/mol. The summed E-state index contributed by atoms with van der Waals surface area (Å²) in [7, 11) is 0. The second-order valence-electron chi connectivity index (χ2n) is 4.87. The number of fused-ring (bicyclic) bond motifs is 1. The largest absolute Gasteiger partial charge is 0.385 e. The zero-order valence-electron chi connectivity index (χ0n) is 9.99. The normalized spacial score (nSPS) is 20.9. The molecule has 18 heavy (non-hydrogen) atoms. The molecular weight excluding hydrogens is 268 g/mol. The molecule has 0 spiro atoms. The van der Waals surface area contributed by atoms with Gasteiger partial charge in [0.05, 0.1) is 4.88 Å². The van der Waals surface area contributed by atoms with E-state index in [0.717, 1.165) is 22.8 Å². The lowest BCUT2D eigenvalue weighted by Gasteiger charge is -2.37. The number of rotatable bonds is 3. The molecular formula is C12H16N2O2S2. The zero-order valence-corrected chi connectivity index (χ0v) is 11.6. The molecule has 1 fully saturated rings. The van der Waals surface area contributed by atoms with Crippen molar-refractivity contribution in [3.63, 3.8) is 0 Å². The zero-order chi connectivity index (χ0) is 12.6. The fraction of sp³-hybridized carbons (Fsp3) is 0.583. The molecule has 3 rings (SSSR count). The molecule has 0 aliphatic carbocycles. The maximum Gasteiger partial charge on any atom is 0.261 e. The highest BCUT2D eigenvalue weighted by molar-refractivity contribution is 7.98. The van der Waals surface area contributed by atoms with Gasteiger partial charge in [0.25, 0.3) is 5.91 Å². The van der Waals surface area contributed by atoms with Gasteiger partial charge in [-0.25, -0.2) is 0 Å². The number of aliphatic hydroxyl groups is 1. The van der Waals surface area contributed by atoms with Crippen molar-refractivity contribution < 1.29 is 9.90 Å². The summed E-state index contributed by atoms with van der Waals surface area (Å²) in [5.41, 5.74) is 0.563. The summed E-state index contributed by atoms with van der Waals surface area (Å²) in [6, 6.07) is 2.00. The Morgan fingerprint density at radius 1 is 1.56 bits per heavy atom. The molecule has 4 nitrogen and oxygen atoms in total. The van der Waals surface area contributed by atoms with Gasteiger partial charge in [-0.3, -0.25) is 4.79 Å². The minimum absolute atomic E-state index is 0.0558. The van der Waals surface area contributed by atoms with Crippen LogP contribution in [0.15, 0.2) is 6.07 Å². The van der Waals surface area contributed by atoms with E-state index in [0.29, 0.717) is 19.6 Å². The van der Waals surface area contributed by atoms with Crippen molar-refractivity contribution >= 4 is 29.0 Å². The summed E-state index contributed by atoms with van der Waals surface area (Å²) in [6.45, 7) is 1.45. The van der Waals surface area contributed by atoms with Crippen molar-refractivity contribution in [1.82, 2.24) is 10.6 Å². The first kappa shape index (κ1) is 12.5. The summed E-state index contributed by atoms with van der Waals surface area (Å²) in [5.74, 6) is 2.12. The molecule has 0 unspecified atom stereocenters. The third-order valence-electron chi connectivity index (χ3n) is 3.34. The van der Waals surface area contributed by atoms with Crippen molar-refractivity contribution in [3.05, 3.63) is 21.4 Å². The number of hydrogen-bond donors (Lipinski definition) is 3. The Kier molecular flexibility index (Phi) is 3.36. The highest BCUT2D eigenvalue weighted by Crippen LogP contribution is 2.31. The van der Waals surface area contributed by atoms with Crippen LogP contribution in [0.5, 0.6) is 0 Å². The Balaban J connectivity index is 1.63. The van der Waals surface area contributed by atoms with Crippen LogP contribution >= 0.6 is 23.1 Å². The van der Waals surface area contributed by atoms with Crippen LogP contribution in [0.2, 0.25) is 0 Å². The number of carbonyl (C=O) groups excluding carboxylic acids is 1. The molecule has 3 heterocycles. The molecule has 0 radical (unpaired) electrons. The first-order valence-electron chi connectivity index (χ1n) is 6.07. The van der Waals surface area contributed by atoms with Crippen LogP contribution < -0.4 is 10.6 Å². The van der Waals surface area contributed by atoms with E-state index in [9.17, 15) is 9.90 Å². The molecule has 2 aliphatic heterocycles. The minimum atomic E-state index is -0.748. The van der Waals surface area contributed by atoms with Crippen LogP contribution in [0.3, 0.4) is 0 Å². The first-order chi connectivity index (χ1) is 8.66. The van der Waals surface area contributed by atoms with E-state index in [4.69, 9.17) is 0 Å². The predicted octanol–water partition coefficient (Wildman–Crippen LogP) is 0.601. The number of amides is 1. The van der Waals surface area contributed by atoms with Gasteiger partial charge in [-0.2, -0.15) is 11.8 Å². The lowest BCUT2D eigenvalue weighted by molar-refractivity contribution is -0.00756. The second-order valence-corrected chi connectivity index (χ2v) is 7.11. The van der Waals surface area contributed by atoms with E-state index >= 15 is 0 Å². The monoisotopic (exact) mass is 284 g/mol. The first-order valence-corrected chi connectivity index (χ1v) is 8.04. The molecule has 1 saturated heterocycles. The number of nitrogens with one attached hydrogen (secondary N) is 2. The van der Waals surface area contributed by atoms with Gasteiger partial charge >= 0.3 is 0 Å². The highest BCUT2D eigenvalue weighted by Gasteiger charge is 2.34. The minimum Gasteiger partial charge on any atom is -0.385 e.